The van der Waals surface area contributed by atoms with Crippen molar-refractivity contribution in [1.29, 1.82) is 0 Å². The lowest BCUT2D eigenvalue weighted by atomic mass is 9.47. The number of carbonyl (C=O) groups excluding carboxylic acids is 3. The van der Waals surface area contributed by atoms with Crippen LogP contribution < -0.4 is 0 Å². The third-order valence-corrected chi connectivity index (χ3v) is 9.35. The molecule has 2 aromatic rings. The minimum Gasteiger partial charge on any atom is -0.462 e. The van der Waals surface area contributed by atoms with Crippen molar-refractivity contribution in [2.24, 2.45) is 11.3 Å². The molecular formula is C33H38O9. The van der Waals surface area contributed by atoms with Crippen LogP contribution in [0.3, 0.4) is 0 Å². The highest BCUT2D eigenvalue weighted by Gasteiger charge is 2.83. The van der Waals surface area contributed by atoms with Crippen LogP contribution >= 0.6 is 0 Å². The molecule has 2 N–H and O–H groups in total. The molecule has 9 nitrogen and oxygen atoms in total. The van der Waals surface area contributed by atoms with E-state index in [9.17, 15) is 24.6 Å². The van der Waals surface area contributed by atoms with E-state index in [0.29, 0.717) is 5.56 Å². The van der Waals surface area contributed by atoms with Gasteiger partial charge in [-0.05, 0) is 63.8 Å². The van der Waals surface area contributed by atoms with Crippen LogP contribution in [0.1, 0.15) is 62.9 Å². The first-order valence-corrected chi connectivity index (χ1v) is 14.3. The first-order valence-electron chi connectivity index (χ1n) is 14.3. The van der Waals surface area contributed by atoms with Crippen LogP contribution in [-0.2, 0) is 28.5 Å². The Bertz CT molecular complexity index is 1350. The van der Waals surface area contributed by atoms with Gasteiger partial charge in [-0.15, -0.1) is 0 Å². The Morgan fingerprint density at radius 1 is 0.976 bits per heavy atom. The molecule has 224 valence electrons. The third kappa shape index (κ3) is 4.83. The molecule has 1 heterocycles. The van der Waals surface area contributed by atoms with Gasteiger partial charge < -0.3 is 29.2 Å². The summed E-state index contributed by atoms with van der Waals surface area (Å²) >= 11 is 0. The largest absolute Gasteiger partial charge is 0.462 e. The average molecular weight is 579 g/mol. The van der Waals surface area contributed by atoms with Crippen LogP contribution in [0.15, 0.2) is 66.7 Å². The topological polar surface area (TPSA) is 129 Å². The maximum absolute atomic E-state index is 13.5. The summed E-state index contributed by atoms with van der Waals surface area (Å²) in [5.74, 6) is -2.48. The third-order valence-electron chi connectivity index (χ3n) is 9.35. The van der Waals surface area contributed by atoms with Gasteiger partial charge in [-0.2, -0.15) is 0 Å². The fraction of sp³-hybridized carbons (Fsp3) is 0.485. The summed E-state index contributed by atoms with van der Waals surface area (Å²) in [6.07, 6.45) is -0.0376. The van der Waals surface area contributed by atoms with Crippen molar-refractivity contribution in [3.05, 3.63) is 77.9 Å². The first kappa shape index (κ1) is 29.9. The maximum atomic E-state index is 13.5. The monoisotopic (exact) mass is 578 g/mol. The van der Waals surface area contributed by atoms with E-state index in [1.807, 2.05) is 44.2 Å². The molecule has 1 spiro atoms. The average Bonchev–Trinajstić information content (AvgIpc) is 3.10. The number of hydrogen-bond acceptors (Lipinski definition) is 9. The smallest absolute Gasteiger partial charge is 0.338 e. The number of aliphatic hydroxyl groups excluding tert-OH is 1. The Hall–Kier alpha value is -3.53. The number of benzene rings is 2. The van der Waals surface area contributed by atoms with Gasteiger partial charge in [0.25, 0.3) is 0 Å². The zero-order valence-electron chi connectivity index (χ0n) is 24.3. The summed E-state index contributed by atoms with van der Waals surface area (Å²) in [6.45, 7) is 5.98. The lowest BCUT2D eigenvalue weighted by Crippen LogP contribution is -2.80. The number of aliphatic hydroxyl groups is 2. The highest BCUT2D eigenvalue weighted by atomic mass is 16.6. The van der Waals surface area contributed by atoms with Crippen LogP contribution in [0.2, 0.25) is 0 Å². The van der Waals surface area contributed by atoms with E-state index in [1.54, 1.807) is 43.3 Å². The second-order valence-electron chi connectivity index (χ2n) is 12.3. The van der Waals surface area contributed by atoms with E-state index in [-0.39, 0.29) is 19.3 Å². The van der Waals surface area contributed by atoms with E-state index >= 15 is 0 Å². The summed E-state index contributed by atoms with van der Waals surface area (Å²) in [7, 11) is 0. The number of fused-ring (bicyclic) bond motifs is 1. The van der Waals surface area contributed by atoms with Crippen molar-refractivity contribution in [3.8, 4) is 0 Å². The SMILES string of the molecule is CC(=O)O[C@H]1CC[C@](C)(O)[C@]23OC(C)(C)[C@H](C[C@H](OC(=O)c4ccccc4)[C@]12COC(=O)C=Cc1ccccc1)[C@H]3O. The van der Waals surface area contributed by atoms with Crippen molar-refractivity contribution in [1.82, 2.24) is 0 Å². The van der Waals surface area contributed by atoms with Crippen LogP contribution in [0, 0.1) is 11.3 Å². The molecule has 1 saturated heterocycles. The predicted molar refractivity (Wildman–Crippen MR) is 152 cm³/mol. The quantitative estimate of drug-likeness (QED) is 0.286. The van der Waals surface area contributed by atoms with E-state index < -0.39 is 71.0 Å². The van der Waals surface area contributed by atoms with Crippen molar-refractivity contribution in [3.63, 3.8) is 0 Å². The molecule has 2 bridgehead atoms. The number of rotatable bonds is 7. The molecule has 2 saturated carbocycles. The van der Waals surface area contributed by atoms with Crippen molar-refractivity contribution < 1.29 is 43.5 Å². The molecular weight excluding hydrogens is 540 g/mol. The Labute approximate surface area is 245 Å². The molecule has 7 atom stereocenters. The van der Waals surface area contributed by atoms with E-state index in [2.05, 4.69) is 0 Å². The van der Waals surface area contributed by atoms with Gasteiger partial charge in [0.15, 0.2) is 0 Å². The van der Waals surface area contributed by atoms with Crippen molar-refractivity contribution >= 4 is 24.0 Å². The molecule has 5 rings (SSSR count). The molecule has 0 radical (unpaired) electrons. The fourth-order valence-corrected chi connectivity index (χ4v) is 7.46. The highest BCUT2D eigenvalue weighted by molar-refractivity contribution is 5.89. The fourth-order valence-electron chi connectivity index (χ4n) is 7.46. The molecule has 9 heteroatoms. The summed E-state index contributed by atoms with van der Waals surface area (Å²) in [5, 5.41) is 24.0. The minimum absolute atomic E-state index is 0.119. The van der Waals surface area contributed by atoms with E-state index in [1.165, 1.54) is 13.0 Å². The molecule has 0 unspecified atom stereocenters. The van der Waals surface area contributed by atoms with E-state index in [0.717, 1.165) is 5.56 Å². The molecule has 2 aromatic carbocycles. The van der Waals surface area contributed by atoms with Gasteiger partial charge in [-0.3, -0.25) is 4.79 Å². The van der Waals surface area contributed by atoms with Gasteiger partial charge in [0, 0.05) is 18.9 Å². The van der Waals surface area contributed by atoms with E-state index in [4.69, 9.17) is 18.9 Å². The van der Waals surface area contributed by atoms with Crippen molar-refractivity contribution in [2.45, 2.75) is 82.1 Å². The Morgan fingerprint density at radius 3 is 2.26 bits per heavy atom. The molecule has 3 aliphatic rings. The molecule has 42 heavy (non-hydrogen) atoms. The zero-order chi connectivity index (χ0) is 30.3. The first-order chi connectivity index (χ1) is 19.8. The van der Waals surface area contributed by atoms with Gasteiger partial charge >= 0.3 is 17.9 Å². The van der Waals surface area contributed by atoms with Gasteiger partial charge in [0.1, 0.15) is 29.8 Å². The Morgan fingerprint density at radius 2 is 1.62 bits per heavy atom. The van der Waals surface area contributed by atoms with Crippen molar-refractivity contribution in [2.75, 3.05) is 6.61 Å². The minimum atomic E-state index is -1.81. The predicted octanol–water partition coefficient (Wildman–Crippen LogP) is 3.86. The second-order valence-corrected chi connectivity index (χ2v) is 12.3. The summed E-state index contributed by atoms with van der Waals surface area (Å²) in [6, 6.07) is 17.6. The number of ether oxygens (including phenoxy) is 4. The molecule has 0 aromatic heterocycles. The lowest BCUT2D eigenvalue weighted by Gasteiger charge is -2.64. The van der Waals surface area contributed by atoms with Crippen LogP contribution in [-0.4, -0.2) is 69.8 Å². The van der Waals surface area contributed by atoms with Crippen LogP contribution in [0.5, 0.6) is 0 Å². The van der Waals surface area contributed by atoms with Crippen LogP contribution in [0.25, 0.3) is 6.08 Å². The standard InChI is InChI=1S/C33H38O9/c1-21(34)40-25-17-18-31(4,38)33-28(36)24(30(2,3)42-33)19-26(41-29(37)23-13-9-6-10-14-23)32(25,33)20-39-27(35)16-15-22-11-7-5-8-12-22/h5-16,24-26,28,36,38H,17-20H2,1-4H3/t24-,25+,26+,28-,31+,32+,33+/m1/s1. The van der Waals surface area contributed by atoms with Crippen LogP contribution in [0.4, 0.5) is 0 Å². The zero-order valence-corrected chi connectivity index (χ0v) is 24.3. The lowest BCUT2D eigenvalue weighted by molar-refractivity contribution is -0.339. The Balaban J connectivity index is 1.61. The molecule has 2 aliphatic carbocycles. The summed E-state index contributed by atoms with van der Waals surface area (Å²) in [5.41, 5.74) is -5.00. The highest BCUT2D eigenvalue weighted by Crippen LogP contribution is 2.68. The number of esters is 3. The van der Waals surface area contributed by atoms with Gasteiger partial charge in [-0.1, -0.05) is 48.5 Å². The summed E-state index contributed by atoms with van der Waals surface area (Å²) < 4.78 is 24.6. The number of hydrogen-bond donors (Lipinski definition) is 2. The maximum Gasteiger partial charge on any atom is 0.338 e. The molecule has 1 aliphatic heterocycles. The molecule has 3 fully saturated rings. The normalized spacial score (nSPS) is 34.8. The second kappa shape index (κ2) is 10.9. The van der Waals surface area contributed by atoms with Gasteiger partial charge in [-0.25, -0.2) is 9.59 Å². The molecule has 0 amide bonds. The van der Waals surface area contributed by atoms with Gasteiger partial charge in [0.2, 0.25) is 0 Å². The van der Waals surface area contributed by atoms with Gasteiger partial charge in [0.05, 0.1) is 22.9 Å². The summed E-state index contributed by atoms with van der Waals surface area (Å²) in [4.78, 5) is 39.0. The Kier molecular flexibility index (Phi) is 7.81. The number of carbonyl (C=O) groups is 3.